The predicted molar refractivity (Wildman–Crippen MR) is 156 cm³/mol. The lowest BCUT2D eigenvalue weighted by Gasteiger charge is -2.58. The zero-order valence-electron chi connectivity index (χ0n) is 25.0. The summed E-state index contributed by atoms with van der Waals surface area (Å²) in [5.74, 6) is 0.194. The maximum Gasteiger partial charge on any atom is 0.115 e. The quantitative estimate of drug-likeness (QED) is 0.381. The summed E-state index contributed by atoms with van der Waals surface area (Å²) in [5, 5.41) is 20.9. The van der Waals surface area contributed by atoms with Gasteiger partial charge in [0.15, 0.2) is 0 Å². The average molecular weight is 569 g/mol. The van der Waals surface area contributed by atoms with Crippen LogP contribution in [0.15, 0.2) is 60.7 Å². The van der Waals surface area contributed by atoms with Gasteiger partial charge in [-0.15, -0.1) is 0 Å². The molecule has 41 heavy (non-hydrogen) atoms. The number of fused-ring (bicyclic) bond motifs is 2. The molecule has 0 spiro atoms. The van der Waals surface area contributed by atoms with E-state index in [-0.39, 0.29) is 36.9 Å². The molecule has 226 valence electrons. The zero-order valence-corrected chi connectivity index (χ0v) is 25.0. The van der Waals surface area contributed by atoms with Crippen LogP contribution in [0, 0.1) is 5.92 Å². The number of ether oxygens (including phenoxy) is 5. The Kier molecular flexibility index (Phi) is 9.56. The van der Waals surface area contributed by atoms with Crippen LogP contribution in [0.2, 0.25) is 0 Å². The lowest BCUT2D eigenvalue weighted by Crippen LogP contribution is -2.69. The first kappa shape index (κ1) is 30.6. The Labute approximate surface area is 245 Å². The van der Waals surface area contributed by atoms with Crippen molar-refractivity contribution in [1.29, 1.82) is 0 Å². The maximum atomic E-state index is 10.9. The molecular weight excluding hydrogens is 520 g/mol. The summed E-state index contributed by atoms with van der Waals surface area (Å²) >= 11 is 0. The normalized spacial score (nSPS) is 38.0. The fraction of sp³-hybridized carbons (Fsp3) is 0.647. The number of hydrogen-bond donors (Lipinski definition) is 2. The molecule has 2 unspecified atom stereocenters. The highest BCUT2D eigenvalue weighted by Gasteiger charge is 2.60. The third-order valence-corrected chi connectivity index (χ3v) is 9.60. The van der Waals surface area contributed by atoms with Crippen LogP contribution in [0.3, 0.4) is 0 Å². The summed E-state index contributed by atoms with van der Waals surface area (Å²) in [7, 11) is 0. The molecule has 0 amide bonds. The van der Waals surface area contributed by atoms with E-state index in [0.717, 1.165) is 24.8 Å². The Morgan fingerprint density at radius 1 is 0.927 bits per heavy atom. The Bertz CT molecular complexity index is 1100. The van der Waals surface area contributed by atoms with Crippen LogP contribution in [0.1, 0.15) is 70.9 Å². The molecule has 3 saturated heterocycles. The van der Waals surface area contributed by atoms with Gasteiger partial charge in [0.1, 0.15) is 5.60 Å². The van der Waals surface area contributed by atoms with Gasteiger partial charge >= 0.3 is 0 Å². The van der Waals surface area contributed by atoms with Crippen LogP contribution in [-0.2, 0) is 36.9 Å². The molecule has 2 aromatic carbocycles. The summed E-state index contributed by atoms with van der Waals surface area (Å²) in [6, 6.07) is 20.5. The SMILES string of the molecule is C[C@H](CCOCc1ccccc1)[C@H]1OC2CC3O[C@](C)(CO)[C@H](O)C[C@]3(C)O[C@]2(C)CC[C@@H]1OCc1ccccc1. The fourth-order valence-electron chi connectivity index (χ4n) is 6.78. The number of aliphatic hydroxyl groups is 2. The highest BCUT2D eigenvalue weighted by atomic mass is 16.6. The molecule has 3 heterocycles. The first-order chi connectivity index (χ1) is 19.6. The second kappa shape index (κ2) is 12.8. The third kappa shape index (κ3) is 6.88. The van der Waals surface area contributed by atoms with Crippen molar-refractivity contribution in [2.75, 3.05) is 13.2 Å². The fourth-order valence-corrected chi connectivity index (χ4v) is 6.78. The molecule has 5 rings (SSSR count). The van der Waals surface area contributed by atoms with Crippen LogP contribution in [0.5, 0.6) is 0 Å². The number of hydrogen-bond acceptors (Lipinski definition) is 7. The van der Waals surface area contributed by atoms with E-state index in [1.165, 1.54) is 5.56 Å². The average Bonchev–Trinajstić information content (AvgIpc) is 3.10. The van der Waals surface area contributed by atoms with Gasteiger partial charge in [0.05, 0.1) is 61.5 Å². The molecule has 7 nitrogen and oxygen atoms in total. The summed E-state index contributed by atoms with van der Waals surface area (Å²) in [6.07, 6.45) is 1.91. The molecule has 0 aromatic heterocycles. The van der Waals surface area contributed by atoms with Crippen LogP contribution in [0.4, 0.5) is 0 Å². The molecule has 0 saturated carbocycles. The third-order valence-electron chi connectivity index (χ3n) is 9.60. The molecule has 3 fully saturated rings. The van der Waals surface area contributed by atoms with Gasteiger partial charge in [-0.25, -0.2) is 0 Å². The second-order valence-electron chi connectivity index (χ2n) is 13.0. The van der Waals surface area contributed by atoms with Crippen molar-refractivity contribution >= 4 is 0 Å². The smallest absolute Gasteiger partial charge is 0.115 e. The largest absolute Gasteiger partial charge is 0.393 e. The van der Waals surface area contributed by atoms with Crippen molar-refractivity contribution in [2.45, 2.75) is 120 Å². The van der Waals surface area contributed by atoms with Crippen molar-refractivity contribution in [1.82, 2.24) is 0 Å². The van der Waals surface area contributed by atoms with Crippen molar-refractivity contribution in [3.8, 4) is 0 Å². The number of rotatable bonds is 10. The lowest BCUT2D eigenvalue weighted by atomic mass is 9.74. The number of benzene rings is 2. The topological polar surface area (TPSA) is 86.6 Å². The Morgan fingerprint density at radius 2 is 1.59 bits per heavy atom. The van der Waals surface area contributed by atoms with E-state index in [1.807, 2.05) is 43.3 Å². The molecule has 7 heteroatoms. The van der Waals surface area contributed by atoms with Crippen LogP contribution in [-0.4, -0.2) is 70.7 Å². The van der Waals surface area contributed by atoms with Crippen molar-refractivity contribution < 1.29 is 33.9 Å². The summed E-state index contributed by atoms with van der Waals surface area (Å²) in [5.41, 5.74) is 0.0724. The zero-order chi connectivity index (χ0) is 29.1. The predicted octanol–water partition coefficient (Wildman–Crippen LogP) is 5.20. The van der Waals surface area contributed by atoms with Gasteiger partial charge in [0, 0.05) is 19.4 Å². The molecule has 2 aromatic rings. The van der Waals surface area contributed by atoms with Gasteiger partial charge in [-0.2, -0.15) is 0 Å². The molecule has 3 aliphatic heterocycles. The van der Waals surface area contributed by atoms with Gasteiger partial charge in [-0.05, 0) is 57.1 Å². The standard InChI is InChI=1S/C34H48O7/c1-24(16-18-37-21-25-11-7-5-8-12-25)31-27(38-22-26-13-9-6-10-14-26)15-17-32(2)29(39-31)19-30-33(3,41-32)20-28(36)34(4,23-35)40-30/h5-14,24,27-31,35-36H,15-23H2,1-4H3/t24-,27+,28-,29?,30?,31-,32-,33+,34-/m1/s1. The van der Waals surface area contributed by atoms with E-state index in [9.17, 15) is 10.2 Å². The summed E-state index contributed by atoms with van der Waals surface area (Å²) in [6.45, 7) is 9.66. The van der Waals surface area contributed by atoms with Crippen LogP contribution in [0.25, 0.3) is 0 Å². The Morgan fingerprint density at radius 3 is 2.24 bits per heavy atom. The molecule has 0 bridgehead atoms. The highest BCUT2D eigenvalue weighted by molar-refractivity contribution is 5.14. The van der Waals surface area contributed by atoms with E-state index in [2.05, 4.69) is 38.1 Å². The molecule has 0 radical (unpaired) electrons. The van der Waals surface area contributed by atoms with Gasteiger partial charge in [0.25, 0.3) is 0 Å². The van der Waals surface area contributed by atoms with E-state index >= 15 is 0 Å². The number of aliphatic hydroxyl groups excluding tert-OH is 2. The highest BCUT2D eigenvalue weighted by Crippen LogP contribution is 2.50. The minimum atomic E-state index is -1.02. The molecule has 2 N–H and O–H groups in total. The first-order valence-electron chi connectivity index (χ1n) is 15.2. The van der Waals surface area contributed by atoms with E-state index in [0.29, 0.717) is 32.7 Å². The minimum absolute atomic E-state index is 0.102. The van der Waals surface area contributed by atoms with E-state index in [4.69, 9.17) is 23.7 Å². The van der Waals surface area contributed by atoms with Gasteiger partial charge in [-0.3, -0.25) is 0 Å². The van der Waals surface area contributed by atoms with E-state index in [1.54, 1.807) is 6.92 Å². The van der Waals surface area contributed by atoms with Crippen molar-refractivity contribution in [3.05, 3.63) is 71.8 Å². The van der Waals surface area contributed by atoms with Crippen molar-refractivity contribution in [3.63, 3.8) is 0 Å². The molecule has 0 aliphatic carbocycles. The van der Waals surface area contributed by atoms with Crippen LogP contribution >= 0.6 is 0 Å². The lowest BCUT2D eigenvalue weighted by molar-refractivity contribution is -0.343. The van der Waals surface area contributed by atoms with E-state index < -0.39 is 22.9 Å². The van der Waals surface area contributed by atoms with Gasteiger partial charge in [0.2, 0.25) is 0 Å². The minimum Gasteiger partial charge on any atom is -0.393 e. The monoisotopic (exact) mass is 568 g/mol. The van der Waals surface area contributed by atoms with Crippen molar-refractivity contribution in [2.24, 2.45) is 5.92 Å². The summed E-state index contributed by atoms with van der Waals surface area (Å²) in [4.78, 5) is 0. The molecule has 9 atom stereocenters. The second-order valence-corrected chi connectivity index (χ2v) is 13.0. The van der Waals surface area contributed by atoms with Crippen LogP contribution < -0.4 is 0 Å². The Balaban J connectivity index is 1.31. The van der Waals surface area contributed by atoms with Gasteiger partial charge < -0.3 is 33.9 Å². The maximum absolute atomic E-state index is 10.9. The Hall–Kier alpha value is -1.84. The molecular formula is C34H48O7. The van der Waals surface area contributed by atoms with Gasteiger partial charge in [-0.1, -0.05) is 67.6 Å². The summed E-state index contributed by atoms with van der Waals surface area (Å²) < 4.78 is 32.9. The first-order valence-corrected chi connectivity index (χ1v) is 15.2. The molecule has 3 aliphatic rings.